The Bertz CT molecular complexity index is 497. The Balaban J connectivity index is 2.14. The van der Waals surface area contributed by atoms with E-state index in [4.69, 9.17) is 9.47 Å². The van der Waals surface area contributed by atoms with E-state index in [1.807, 2.05) is 18.2 Å². The van der Waals surface area contributed by atoms with E-state index in [1.54, 1.807) is 18.4 Å². The third-order valence-corrected chi connectivity index (χ3v) is 3.63. The molecule has 0 aliphatic carbocycles. The van der Waals surface area contributed by atoms with Gasteiger partial charge in [-0.1, -0.05) is 25.1 Å². The zero-order chi connectivity index (χ0) is 13.5. The van der Waals surface area contributed by atoms with Crippen LogP contribution in [0.4, 0.5) is 0 Å². The van der Waals surface area contributed by atoms with Crippen LogP contribution in [0.5, 0.6) is 11.5 Å². The molecule has 102 valence electrons. The summed E-state index contributed by atoms with van der Waals surface area (Å²) in [7, 11) is 1.67. The molecule has 0 fully saturated rings. The van der Waals surface area contributed by atoms with Gasteiger partial charge in [0, 0.05) is 17.0 Å². The van der Waals surface area contributed by atoms with Gasteiger partial charge in [-0.15, -0.1) is 11.3 Å². The summed E-state index contributed by atoms with van der Waals surface area (Å²) in [5.41, 5.74) is 1.12. The van der Waals surface area contributed by atoms with Gasteiger partial charge >= 0.3 is 0 Å². The fraction of sp³-hybridized carbons (Fsp3) is 0.333. The van der Waals surface area contributed by atoms with Gasteiger partial charge in [-0.2, -0.15) is 0 Å². The smallest absolute Gasteiger partial charge is 0.166 e. The van der Waals surface area contributed by atoms with Crippen molar-refractivity contribution in [3.05, 3.63) is 46.2 Å². The van der Waals surface area contributed by atoms with Crippen LogP contribution in [0.25, 0.3) is 0 Å². The SMILES string of the molecule is CCNCc1cccc(OC)c1OCc1cccs1. The molecule has 0 saturated carbocycles. The minimum Gasteiger partial charge on any atom is -0.493 e. The zero-order valence-electron chi connectivity index (χ0n) is 11.3. The molecular weight excluding hydrogens is 258 g/mol. The van der Waals surface area contributed by atoms with Crippen molar-refractivity contribution >= 4 is 11.3 Å². The van der Waals surface area contributed by atoms with E-state index in [2.05, 4.69) is 29.8 Å². The number of para-hydroxylation sites is 1. The molecule has 3 nitrogen and oxygen atoms in total. The van der Waals surface area contributed by atoms with Crippen LogP contribution in [-0.2, 0) is 13.2 Å². The molecule has 19 heavy (non-hydrogen) atoms. The lowest BCUT2D eigenvalue weighted by Crippen LogP contribution is -2.13. The maximum absolute atomic E-state index is 5.95. The molecule has 0 aliphatic rings. The molecule has 0 bridgehead atoms. The van der Waals surface area contributed by atoms with E-state index in [0.717, 1.165) is 30.2 Å². The topological polar surface area (TPSA) is 30.5 Å². The minimum atomic E-state index is 0.581. The normalized spacial score (nSPS) is 10.4. The molecule has 0 aliphatic heterocycles. The van der Waals surface area contributed by atoms with Gasteiger partial charge < -0.3 is 14.8 Å². The maximum Gasteiger partial charge on any atom is 0.166 e. The van der Waals surface area contributed by atoms with Crippen LogP contribution in [0.3, 0.4) is 0 Å². The first-order valence-electron chi connectivity index (χ1n) is 6.37. The summed E-state index contributed by atoms with van der Waals surface area (Å²) in [6, 6.07) is 10.1. The average Bonchev–Trinajstić information content (AvgIpc) is 2.96. The number of benzene rings is 1. The molecule has 4 heteroatoms. The van der Waals surface area contributed by atoms with Crippen LogP contribution < -0.4 is 14.8 Å². The second-order valence-corrected chi connectivity index (χ2v) is 5.13. The summed E-state index contributed by atoms with van der Waals surface area (Å²) in [4.78, 5) is 1.21. The third-order valence-electron chi connectivity index (χ3n) is 2.78. The quantitative estimate of drug-likeness (QED) is 0.841. The summed E-state index contributed by atoms with van der Waals surface area (Å²) >= 11 is 1.70. The molecule has 0 saturated heterocycles. The van der Waals surface area contributed by atoms with Crippen LogP contribution >= 0.6 is 11.3 Å². The number of hydrogen-bond donors (Lipinski definition) is 1. The maximum atomic E-state index is 5.95. The van der Waals surface area contributed by atoms with Crippen LogP contribution in [0.2, 0.25) is 0 Å². The Morgan fingerprint density at radius 2 is 2.11 bits per heavy atom. The van der Waals surface area contributed by atoms with Gasteiger partial charge in [0.2, 0.25) is 0 Å². The first-order valence-corrected chi connectivity index (χ1v) is 7.25. The summed E-state index contributed by atoms with van der Waals surface area (Å²) in [6.45, 7) is 4.39. The van der Waals surface area contributed by atoms with Gasteiger partial charge in [0.1, 0.15) is 6.61 Å². The highest BCUT2D eigenvalue weighted by Crippen LogP contribution is 2.32. The number of hydrogen-bond acceptors (Lipinski definition) is 4. The van der Waals surface area contributed by atoms with Gasteiger partial charge in [-0.3, -0.25) is 0 Å². The molecule has 1 aromatic carbocycles. The Hall–Kier alpha value is -1.52. The standard InChI is InChI=1S/C15H19NO2S/c1-3-16-10-12-6-4-8-14(17-2)15(12)18-11-13-7-5-9-19-13/h4-9,16H,3,10-11H2,1-2H3. The zero-order valence-corrected chi connectivity index (χ0v) is 12.1. The summed E-state index contributed by atoms with van der Waals surface area (Å²) < 4.78 is 11.3. The highest BCUT2D eigenvalue weighted by molar-refractivity contribution is 7.09. The van der Waals surface area contributed by atoms with Crippen molar-refractivity contribution in [2.45, 2.75) is 20.1 Å². The lowest BCUT2D eigenvalue weighted by Gasteiger charge is -2.14. The fourth-order valence-electron chi connectivity index (χ4n) is 1.82. The van der Waals surface area contributed by atoms with E-state index in [9.17, 15) is 0 Å². The van der Waals surface area contributed by atoms with Crippen molar-refractivity contribution in [2.75, 3.05) is 13.7 Å². The van der Waals surface area contributed by atoms with Crippen molar-refractivity contribution in [3.8, 4) is 11.5 Å². The molecule has 0 spiro atoms. The van der Waals surface area contributed by atoms with Gasteiger partial charge in [-0.25, -0.2) is 0 Å². The first-order chi connectivity index (χ1) is 9.35. The van der Waals surface area contributed by atoms with E-state index in [1.165, 1.54) is 4.88 Å². The Morgan fingerprint density at radius 3 is 2.79 bits per heavy atom. The molecule has 0 amide bonds. The van der Waals surface area contributed by atoms with Crippen molar-refractivity contribution in [3.63, 3.8) is 0 Å². The molecule has 1 aromatic heterocycles. The predicted octanol–water partition coefficient (Wildman–Crippen LogP) is 3.45. The van der Waals surface area contributed by atoms with E-state index >= 15 is 0 Å². The number of methoxy groups -OCH3 is 1. The van der Waals surface area contributed by atoms with Crippen LogP contribution in [0.1, 0.15) is 17.4 Å². The van der Waals surface area contributed by atoms with Crippen molar-refractivity contribution in [2.24, 2.45) is 0 Å². The predicted molar refractivity (Wildman–Crippen MR) is 79.0 cm³/mol. The van der Waals surface area contributed by atoms with Crippen molar-refractivity contribution in [1.29, 1.82) is 0 Å². The minimum absolute atomic E-state index is 0.581. The van der Waals surface area contributed by atoms with Crippen LogP contribution in [-0.4, -0.2) is 13.7 Å². The Kier molecular flexibility index (Phi) is 5.24. The number of nitrogens with one attached hydrogen (secondary N) is 1. The Morgan fingerprint density at radius 1 is 1.21 bits per heavy atom. The molecule has 1 heterocycles. The lowest BCUT2D eigenvalue weighted by molar-refractivity contribution is 0.283. The van der Waals surface area contributed by atoms with E-state index in [0.29, 0.717) is 6.61 Å². The van der Waals surface area contributed by atoms with Crippen molar-refractivity contribution in [1.82, 2.24) is 5.32 Å². The fourth-order valence-corrected chi connectivity index (χ4v) is 2.44. The number of rotatable bonds is 7. The summed E-state index contributed by atoms with van der Waals surface area (Å²) in [5.74, 6) is 1.62. The Labute approximate surface area is 118 Å². The molecule has 1 N–H and O–H groups in total. The lowest BCUT2D eigenvalue weighted by atomic mass is 10.2. The van der Waals surface area contributed by atoms with Gasteiger partial charge in [-0.05, 0) is 24.1 Å². The van der Waals surface area contributed by atoms with Gasteiger partial charge in [0.15, 0.2) is 11.5 Å². The van der Waals surface area contributed by atoms with Crippen LogP contribution in [0.15, 0.2) is 35.7 Å². The van der Waals surface area contributed by atoms with E-state index < -0.39 is 0 Å². The molecular formula is C15H19NO2S. The largest absolute Gasteiger partial charge is 0.493 e. The second kappa shape index (κ2) is 7.16. The first kappa shape index (κ1) is 13.9. The highest BCUT2D eigenvalue weighted by atomic mass is 32.1. The van der Waals surface area contributed by atoms with Gasteiger partial charge in [0.05, 0.1) is 7.11 Å². The molecule has 2 rings (SSSR count). The molecule has 2 aromatic rings. The number of ether oxygens (including phenoxy) is 2. The van der Waals surface area contributed by atoms with Crippen LogP contribution in [0, 0.1) is 0 Å². The molecule has 0 radical (unpaired) electrons. The average molecular weight is 277 g/mol. The monoisotopic (exact) mass is 277 g/mol. The molecule has 0 unspecified atom stereocenters. The van der Waals surface area contributed by atoms with E-state index in [-0.39, 0.29) is 0 Å². The van der Waals surface area contributed by atoms with Gasteiger partial charge in [0.25, 0.3) is 0 Å². The molecule has 0 atom stereocenters. The number of thiophene rings is 1. The highest BCUT2D eigenvalue weighted by Gasteiger charge is 2.10. The summed E-state index contributed by atoms with van der Waals surface area (Å²) in [6.07, 6.45) is 0. The second-order valence-electron chi connectivity index (χ2n) is 4.10. The van der Waals surface area contributed by atoms with Crippen molar-refractivity contribution < 1.29 is 9.47 Å². The summed E-state index contributed by atoms with van der Waals surface area (Å²) in [5, 5.41) is 5.37. The third kappa shape index (κ3) is 3.72.